The summed E-state index contributed by atoms with van der Waals surface area (Å²) < 4.78 is 25.4. The molecule has 0 saturated heterocycles. The minimum atomic E-state index is -3.52. The van der Waals surface area contributed by atoms with Gasteiger partial charge in [0, 0.05) is 12.7 Å². The molecule has 0 aliphatic rings. The lowest BCUT2D eigenvalue weighted by atomic mass is 10.2. The monoisotopic (exact) mass is 257 g/mol. The summed E-state index contributed by atoms with van der Waals surface area (Å²) in [5.41, 5.74) is 6.62. The van der Waals surface area contributed by atoms with E-state index >= 15 is 0 Å². The molecule has 0 radical (unpaired) electrons. The van der Waals surface area contributed by atoms with E-state index in [1.807, 2.05) is 0 Å². The van der Waals surface area contributed by atoms with Gasteiger partial charge in [0.05, 0.1) is 12.3 Å². The number of hydrogen-bond acceptors (Lipinski definition) is 4. The topological polar surface area (TPSA) is 101 Å². The summed E-state index contributed by atoms with van der Waals surface area (Å²) in [5.74, 6) is -0.587. The Labute approximate surface area is 100 Å². The Morgan fingerprint density at radius 2 is 2.12 bits per heavy atom. The van der Waals surface area contributed by atoms with Crippen LogP contribution in [0, 0.1) is 0 Å². The zero-order chi connectivity index (χ0) is 12.9. The molecule has 1 rings (SSSR count). The lowest BCUT2D eigenvalue weighted by Crippen LogP contribution is -2.35. The van der Waals surface area contributed by atoms with Crippen molar-refractivity contribution in [3.8, 4) is 0 Å². The molecule has 0 aliphatic heterocycles. The zero-order valence-electron chi connectivity index (χ0n) is 9.43. The van der Waals surface area contributed by atoms with Crippen LogP contribution in [0.15, 0.2) is 24.3 Å². The summed E-state index contributed by atoms with van der Waals surface area (Å²) >= 11 is 0. The Hall–Kier alpha value is -1.60. The Bertz CT molecular complexity index is 499. The fraction of sp³-hybridized carbons (Fsp3) is 0.300. The van der Waals surface area contributed by atoms with Crippen LogP contribution in [0.25, 0.3) is 0 Å². The normalized spacial score (nSPS) is 11.1. The number of amides is 1. The second-order valence-corrected chi connectivity index (χ2v) is 5.31. The Morgan fingerprint density at radius 1 is 1.41 bits per heavy atom. The molecule has 4 N–H and O–H groups in total. The number of anilines is 1. The van der Waals surface area contributed by atoms with Gasteiger partial charge in [0.15, 0.2) is 0 Å². The molecule has 94 valence electrons. The number of sulfonamides is 1. The first kappa shape index (κ1) is 13.5. The molecule has 0 heterocycles. The lowest BCUT2D eigenvalue weighted by molar-refractivity contribution is -0.119. The van der Waals surface area contributed by atoms with Crippen molar-refractivity contribution in [3.05, 3.63) is 29.8 Å². The zero-order valence-corrected chi connectivity index (χ0v) is 10.3. The average molecular weight is 257 g/mol. The van der Waals surface area contributed by atoms with Gasteiger partial charge in [-0.25, -0.2) is 13.1 Å². The van der Waals surface area contributed by atoms with E-state index in [9.17, 15) is 13.2 Å². The van der Waals surface area contributed by atoms with E-state index in [1.165, 1.54) is 7.05 Å². The van der Waals surface area contributed by atoms with Gasteiger partial charge in [-0.2, -0.15) is 0 Å². The van der Waals surface area contributed by atoms with Crippen LogP contribution in [0.3, 0.4) is 0 Å². The van der Waals surface area contributed by atoms with Crippen molar-refractivity contribution < 1.29 is 13.2 Å². The first-order chi connectivity index (χ1) is 7.93. The van der Waals surface area contributed by atoms with Crippen molar-refractivity contribution >= 4 is 21.6 Å². The highest BCUT2D eigenvalue weighted by Gasteiger charge is 2.12. The van der Waals surface area contributed by atoms with Crippen LogP contribution in [0.5, 0.6) is 0 Å². The van der Waals surface area contributed by atoms with Gasteiger partial charge in [-0.05, 0) is 17.7 Å². The minimum absolute atomic E-state index is 0.199. The lowest BCUT2D eigenvalue weighted by Gasteiger charge is -2.06. The van der Waals surface area contributed by atoms with Gasteiger partial charge in [-0.3, -0.25) is 4.79 Å². The van der Waals surface area contributed by atoms with E-state index in [-0.39, 0.29) is 18.2 Å². The van der Waals surface area contributed by atoms with Gasteiger partial charge < -0.3 is 11.1 Å². The van der Waals surface area contributed by atoms with Crippen LogP contribution in [0.1, 0.15) is 5.56 Å². The maximum atomic E-state index is 11.6. The molecule has 1 aromatic carbocycles. The predicted octanol–water partition coefficient (Wildman–Crippen LogP) is -0.566. The number of hydrogen-bond donors (Lipinski definition) is 3. The first-order valence-electron chi connectivity index (χ1n) is 4.95. The summed E-state index contributed by atoms with van der Waals surface area (Å²) in [5, 5.41) is 2.32. The molecule has 17 heavy (non-hydrogen) atoms. The molecule has 1 aromatic rings. The van der Waals surface area contributed by atoms with Gasteiger partial charge in [-0.1, -0.05) is 12.1 Å². The van der Waals surface area contributed by atoms with Crippen LogP contribution in [-0.2, 0) is 20.6 Å². The van der Waals surface area contributed by atoms with Crippen LogP contribution >= 0.6 is 0 Å². The van der Waals surface area contributed by atoms with Crippen LogP contribution in [-0.4, -0.2) is 27.9 Å². The maximum absolute atomic E-state index is 11.6. The Morgan fingerprint density at radius 3 is 2.71 bits per heavy atom. The molecule has 0 aromatic heterocycles. The van der Waals surface area contributed by atoms with E-state index in [0.717, 1.165) is 0 Å². The Kier molecular flexibility index (Phi) is 4.47. The number of carbonyl (C=O) groups excluding carboxylic acids is 1. The summed E-state index contributed by atoms with van der Waals surface area (Å²) in [4.78, 5) is 10.9. The molecule has 0 atom stereocenters. The molecule has 0 spiro atoms. The third-order valence-electron chi connectivity index (χ3n) is 2.04. The highest BCUT2D eigenvalue weighted by atomic mass is 32.2. The molecule has 0 saturated carbocycles. The fourth-order valence-corrected chi connectivity index (χ4v) is 2.29. The fourth-order valence-electron chi connectivity index (χ4n) is 1.22. The third kappa shape index (κ3) is 4.83. The van der Waals surface area contributed by atoms with Crippen molar-refractivity contribution in [2.75, 3.05) is 19.3 Å². The second kappa shape index (κ2) is 5.65. The van der Waals surface area contributed by atoms with Crippen LogP contribution < -0.4 is 15.8 Å². The van der Waals surface area contributed by atoms with Gasteiger partial charge in [0.25, 0.3) is 0 Å². The van der Waals surface area contributed by atoms with Crippen LogP contribution in [0.4, 0.5) is 5.69 Å². The first-order valence-corrected chi connectivity index (χ1v) is 6.60. The van der Waals surface area contributed by atoms with E-state index in [2.05, 4.69) is 10.0 Å². The molecule has 0 unspecified atom stereocenters. The van der Waals surface area contributed by atoms with Crippen molar-refractivity contribution in [2.24, 2.45) is 0 Å². The Balaban J connectivity index is 2.64. The number of carbonyl (C=O) groups is 1. The summed E-state index contributed by atoms with van der Waals surface area (Å²) in [6.45, 7) is -0.263. The van der Waals surface area contributed by atoms with Crippen molar-refractivity contribution in [1.82, 2.24) is 10.0 Å². The molecule has 6 nitrogen and oxygen atoms in total. The number of nitrogens with two attached hydrogens (primary N) is 1. The molecule has 1 amide bonds. The third-order valence-corrected chi connectivity index (χ3v) is 3.34. The minimum Gasteiger partial charge on any atom is -0.399 e. The van der Waals surface area contributed by atoms with E-state index in [0.29, 0.717) is 11.3 Å². The highest BCUT2D eigenvalue weighted by Crippen LogP contribution is 2.09. The van der Waals surface area contributed by atoms with Crippen LogP contribution in [0.2, 0.25) is 0 Å². The van der Waals surface area contributed by atoms with E-state index < -0.39 is 10.0 Å². The van der Waals surface area contributed by atoms with Crippen molar-refractivity contribution in [1.29, 1.82) is 0 Å². The predicted molar refractivity (Wildman–Crippen MR) is 65.5 cm³/mol. The molecular formula is C10H15N3O3S. The second-order valence-electron chi connectivity index (χ2n) is 3.50. The highest BCUT2D eigenvalue weighted by molar-refractivity contribution is 7.88. The van der Waals surface area contributed by atoms with Crippen molar-refractivity contribution in [2.45, 2.75) is 5.75 Å². The maximum Gasteiger partial charge on any atom is 0.234 e. The quantitative estimate of drug-likeness (QED) is 0.615. The number of nitrogen functional groups attached to an aromatic ring is 1. The summed E-state index contributed by atoms with van der Waals surface area (Å²) in [6, 6.07) is 6.60. The number of likely N-dealkylation sites (N-methyl/N-ethyl adjacent to an activating group) is 1. The largest absolute Gasteiger partial charge is 0.399 e. The van der Waals surface area contributed by atoms with Gasteiger partial charge in [0.1, 0.15) is 0 Å². The molecule has 0 aliphatic carbocycles. The van der Waals surface area contributed by atoms with Gasteiger partial charge >= 0.3 is 0 Å². The van der Waals surface area contributed by atoms with Gasteiger partial charge in [0.2, 0.25) is 15.9 Å². The molecule has 0 bridgehead atoms. The summed E-state index contributed by atoms with van der Waals surface area (Å²) in [6.07, 6.45) is 0. The van der Waals surface area contributed by atoms with E-state index in [1.54, 1.807) is 24.3 Å². The molecule has 0 fully saturated rings. The smallest absolute Gasteiger partial charge is 0.234 e. The average Bonchev–Trinajstić information content (AvgIpc) is 2.25. The summed E-state index contributed by atoms with van der Waals surface area (Å²) in [7, 11) is -2.08. The van der Waals surface area contributed by atoms with E-state index in [4.69, 9.17) is 5.73 Å². The standard InChI is InChI=1S/C10H15N3O3S/c1-12-10(14)6-13-17(15,16)7-8-3-2-4-9(11)5-8/h2-5,13H,6-7,11H2,1H3,(H,12,14). The SMILES string of the molecule is CNC(=O)CNS(=O)(=O)Cc1cccc(N)c1. The molecule has 7 heteroatoms. The number of benzene rings is 1. The number of nitrogens with one attached hydrogen (secondary N) is 2. The molecular weight excluding hydrogens is 242 g/mol. The number of rotatable bonds is 5. The van der Waals surface area contributed by atoms with Crippen molar-refractivity contribution in [3.63, 3.8) is 0 Å². The van der Waals surface area contributed by atoms with Gasteiger partial charge in [-0.15, -0.1) is 0 Å².